The molecular formula is C15H11N5O5. The van der Waals surface area contributed by atoms with Crippen molar-refractivity contribution in [3.63, 3.8) is 0 Å². The number of carbonyl (C=O) groups is 1. The van der Waals surface area contributed by atoms with E-state index in [2.05, 4.69) is 25.8 Å². The van der Waals surface area contributed by atoms with Crippen molar-refractivity contribution in [2.75, 3.05) is 0 Å². The lowest BCUT2D eigenvalue weighted by molar-refractivity contribution is 0.0937. The van der Waals surface area contributed by atoms with E-state index in [4.69, 9.17) is 18.0 Å². The van der Waals surface area contributed by atoms with Crippen molar-refractivity contribution < 1.29 is 22.8 Å². The summed E-state index contributed by atoms with van der Waals surface area (Å²) in [6, 6.07) is 6.57. The van der Waals surface area contributed by atoms with Gasteiger partial charge in [0.05, 0.1) is 12.8 Å². The highest BCUT2D eigenvalue weighted by Crippen LogP contribution is 2.20. The molecule has 0 bridgehead atoms. The summed E-state index contributed by atoms with van der Waals surface area (Å²) in [5.41, 5.74) is 0.566. The Balaban J connectivity index is 1.40. The highest BCUT2D eigenvalue weighted by atomic mass is 16.5. The van der Waals surface area contributed by atoms with Crippen molar-refractivity contribution >= 4 is 5.91 Å². The highest BCUT2D eigenvalue weighted by molar-refractivity contribution is 5.92. The van der Waals surface area contributed by atoms with Gasteiger partial charge >= 0.3 is 0 Å². The van der Waals surface area contributed by atoms with Crippen molar-refractivity contribution in [1.29, 1.82) is 0 Å². The number of furan rings is 1. The highest BCUT2D eigenvalue weighted by Gasteiger charge is 2.17. The molecule has 1 N–H and O–H groups in total. The minimum Gasteiger partial charge on any atom is -0.461 e. The van der Waals surface area contributed by atoms with Crippen molar-refractivity contribution in [3.05, 3.63) is 47.9 Å². The van der Waals surface area contributed by atoms with Crippen LogP contribution in [0, 0.1) is 6.92 Å². The first-order chi connectivity index (χ1) is 12.2. The molecule has 4 aromatic rings. The third kappa shape index (κ3) is 3.04. The fraction of sp³-hybridized carbons (Fsp3) is 0.133. The molecule has 0 aliphatic carbocycles. The summed E-state index contributed by atoms with van der Waals surface area (Å²) < 4.78 is 20.3. The lowest BCUT2D eigenvalue weighted by atomic mass is 10.3. The van der Waals surface area contributed by atoms with Crippen LogP contribution >= 0.6 is 0 Å². The molecule has 25 heavy (non-hydrogen) atoms. The zero-order chi connectivity index (χ0) is 17.2. The predicted octanol–water partition coefficient (Wildman–Crippen LogP) is 2.21. The quantitative estimate of drug-likeness (QED) is 0.579. The monoisotopic (exact) mass is 341 g/mol. The second-order valence-corrected chi connectivity index (χ2v) is 5.07. The Hall–Kier alpha value is -3.69. The van der Waals surface area contributed by atoms with Gasteiger partial charge < -0.3 is 23.3 Å². The number of aryl methyl sites for hydroxylation is 1. The fourth-order valence-corrected chi connectivity index (χ4v) is 2.07. The Kier molecular flexibility index (Phi) is 3.61. The van der Waals surface area contributed by atoms with Crippen LogP contribution in [0.1, 0.15) is 22.1 Å². The van der Waals surface area contributed by atoms with E-state index in [1.54, 1.807) is 25.1 Å². The SMILES string of the molecule is Cc1cc(-c2noc(CNC(=O)c3cc(-c4ccco4)on3)n2)no1. The average Bonchev–Trinajstić information content (AvgIpc) is 3.38. The molecule has 0 aliphatic rings. The Morgan fingerprint density at radius 3 is 2.80 bits per heavy atom. The van der Waals surface area contributed by atoms with Crippen LogP contribution in [0.25, 0.3) is 23.0 Å². The van der Waals surface area contributed by atoms with Crippen molar-refractivity contribution in [3.8, 4) is 23.0 Å². The zero-order valence-corrected chi connectivity index (χ0v) is 12.9. The molecule has 0 atom stereocenters. The van der Waals surface area contributed by atoms with E-state index in [0.29, 0.717) is 23.0 Å². The fourth-order valence-electron chi connectivity index (χ4n) is 2.07. The predicted molar refractivity (Wildman–Crippen MR) is 79.9 cm³/mol. The average molecular weight is 341 g/mol. The van der Waals surface area contributed by atoms with Crippen LogP contribution in [0.15, 0.2) is 48.5 Å². The van der Waals surface area contributed by atoms with E-state index in [1.807, 2.05) is 0 Å². The Morgan fingerprint density at radius 1 is 1.12 bits per heavy atom. The van der Waals surface area contributed by atoms with Crippen molar-refractivity contribution in [2.45, 2.75) is 13.5 Å². The van der Waals surface area contributed by atoms with Crippen LogP contribution in [0.2, 0.25) is 0 Å². The molecule has 1 amide bonds. The zero-order valence-electron chi connectivity index (χ0n) is 12.9. The Bertz CT molecular complexity index is 997. The number of hydrogen-bond donors (Lipinski definition) is 1. The van der Waals surface area contributed by atoms with Gasteiger partial charge in [0, 0.05) is 12.1 Å². The number of aromatic nitrogens is 4. The number of nitrogens with one attached hydrogen (secondary N) is 1. The molecule has 0 saturated carbocycles. The second kappa shape index (κ2) is 6.07. The number of rotatable bonds is 5. The molecule has 0 fully saturated rings. The first kappa shape index (κ1) is 14.9. The summed E-state index contributed by atoms with van der Waals surface area (Å²) in [5, 5.41) is 13.9. The molecule has 4 aromatic heterocycles. The molecular weight excluding hydrogens is 330 g/mol. The molecule has 0 aromatic carbocycles. The van der Waals surface area contributed by atoms with Crippen LogP contribution in [0.4, 0.5) is 0 Å². The lowest BCUT2D eigenvalue weighted by Gasteiger charge is -1.96. The molecule has 0 saturated heterocycles. The molecule has 0 radical (unpaired) electrons. The van der Waals surface area contributed by atoms with E-state index >= 15 is 0 Å². The maximum absolute atomic E-state index is 12.1. The van der Waals surface area contributed by atoms with Gasteiger partial charge in [0.2, 0.25) is 17.5 Å². The van der Waals surface area contributed by atoms with Crippen molar-refractivity contribution in [1.82, 2.24) is 25.8 Å². The first-order valence-corrected chi connectivity index (χ1v) is 7.24. The number of carbonyl (C=O) groups excluding carboxylic acids is 1. The third-order valence-corrected chi connectivity index (χ3v) is 3.23. The van der Waals surface area contributed by atoms with Crippen LogP contribution in [0.5, 0.6) is 0 Å². The minimum absolute atomic E-state index is 0.0333. The van der Waals surface area contributed by atoms with E-state index < -0.39 is 5.91 Å². The van der Waals surface area contributed by atoms with Gasteiger partial charge in [-0.2, -0.15) is 4.98 Å². The van der Waals surface area contributed by atoms with Crippen molar-refractivity contribution in [2.24, 2.45) is 0 Å². The molecule has 10 heteroatoms. The van der Waals surface area contributed by atoms with Gasteiger partial charge in [0.25, 0.3) is 5.91 Å². The van der Waals surface area contributed by atoms with E-state index in [9.17, 15) is 4.79 Å². The minimum atomic E-state index is -0.446. The molecule has 4 heterocycles. The topological polar surface area (TPSA) is 133 Å². The largest absolute Gasteiger partial charge is 0.461 e. The Labute approximate surface area is 139 Å². The van der Waals surface area contributed by atoms with Crippen LogP contribution in [-0.4, -0.2) is 26.4 Å². The first-order valence-electron chi connectivity index (χ1n) is 7.24. The van der Waals surface area contributed by atoms with E-state index in [-0.39, 0.29) is 24.0 Å². The smallest absolute Gasteiger partial charge is 0.273 e. The van der Waals surface area contributed by atoms with E-state index in [0.717, 1.165) is 0 Å². The van der Waals surface area contributed by atoms with E-state index in [1.165, 1.54) is 12.3 Å². The summed E-state index contributed by atoms with van der Waals surface area (Å²) in [7, 11) is 0. The standard InChI is InChI=1S/C15H11N5O5/c1-8-5-9(18-23-8)14-17-13(25-20-14)7-16-15(21)10-6-12(24-19-10)11-3-2-4-22-11/h2-6H,7H2,1H3,(H,16,21). The van der Waals surface area contributed by atoms with Crippen LogP contribution in [-0.2, 0) is 6.54 Å². The molecule has 10 nitrogen and oxygen atoms in total. The number of hydrogen-bond acceptors (Lipinski definition) is 9. The van der Waals surface area contributed by atoms with Gasteiger partial charge in [0.1, 0.15) is 5.76 Å². The van der Waals surface area contributed by atoms with Gasteiger partial charge in [-0.25, -0.2) is 0 Å². The molecule has 126 valence electrons. The number of amides is 1. The molecule has 0 unspecified atom stereocenters. The molecule has 0 spiro atoms. The summed E-state index contributed by atoms with van der Waals surface area (Å²) in [4.78, 5) is 16.2. The second-order valence-electron chi connectivity index (χ2n) is 5.07. The molecule has 0 aliphatic heterocycles. The summed E-state index contributed by atoms with van der Waals surface area (Å²) in [6.45, 7) is 1.79. The lowest BCUT2D eigenvalue weighted by Crippen LogP contribution is -2.23. The van der Waals surface area contributed by atoms with Gasteiger partial charge in [-0.05, 0) is 19.1 Å². The summed E-state index contributed by atoms with van der Waals surface area (Å²) >= 11 is 0. The van der Waals surface area contributed by atoms with Gasteiger partial charge in [-0.3, -0.25) is 4.79 Å². The molecule has 4 rings (SSSR count). The van der Waals surface area contributed by atoms with Crippen LogP contribution in [0.3, 0.4) is 0 Å². The summed E-state index contributed by atoms with van der Waals surface area (Å²) in [6.07, 6.45) is 1.50. The maximum Gasteiger partial charge on any atom is 0.273 e. The van der Waals surface area contributed by atoms with Gasteiger partial charge in [-0.1, -0.05) is 15.5 Å². The summed E-state index contributed by atoms with van der Waals surface area (Å²) in [5.74, 6) is 1.53. The third-order valence-electron chi connectivity index (χ3n) is 3.23. The van der Waals surface area contributed by atoms with Gasteiger partial charge in [0.15, 0.2) is 17.1 Å². The normalized spacial score (nSPS) is 10.9. The van der Waals surface area contributed by atoms with Crippen LogP contribution < -0.4 is 5.32 Å². The Morgan fingerprint density at radius 2 is 2.04 bits per heavy atom. The number of nitrogens with zero attached hydrogens (tertiary/aromatic N) is 4. The van der Waals surface area contributed by atoms with Gasteiger partial charge in [-0.15, -0.1) is 0 Å². The maximum atomic E-state index is 12.1.